The monoisotopic (exact) mass is 500 g/mol. The van der Waals surface area contributed by atoms with Crippen LogP contribution in [0.1, 0.15) is 52.1 Å². The Morgan fingerprint density at radius 1 is 1.05 bits per heavy atom. The number of hydrogen-bond donors (Lipinski definition) is 5. The lowest BCUT2D eigenvalue weighted by Crippen LogP contribution is -2.33. The third-order valence-electron chi connectivity index (χ3n) is 6.50. The van der Waals surface area contributed by atoms with Crippen molar-refractivity contribution < 1.29 is 14.7 Å². The second-order valence-corrected chi connectivity index (χ2v) is 9.23. The van der Waals surface area contributed by atoms with E-state index in [0.29, 0.717) is 34.1 Å². The quantitative estimate of drug-likeness (QED) is 0.254. The first-order valence-electron chi connectivity index (χ1n) is 12.1. The summed E-state index contributed by atoms with van der Waals surface area (Å²) < 4.78 is 1.51. The van der Waals surface area contributed by atoms with Gasteiger partial charge in [-0.25, -0.2) is 14.3 Å². The highest BCUT2D eigenvalue weighted by atomic mass is 16.4. The third-order valence-corrected chi connectivity index (χ3v) is 6.50. The van der Waals surface area contributed by atoms with Gasteiger partial charge in [0.15, 0.2) is 11.3 Å². The first-order chi connectivity index (χ1) is 17.9. The van der Waals surface area contributed by atoms with Gasteiger partial charge < -0.3 is 26.8 Å². The van der Waals surface area contributed by atoms with Gasteiger partial charge in [0, 0.05) is 41.9 Å². The lowest BCUT2D eigenvalue weighted by atomic mass is 9.92. The zero-order chi connectivity index (χ0) is 25.9. The van der Waals surface area contributed by atoms with E-state index in [4.69, 9.17) is 5.73 Å². The number of aryl methyl sites for hydroxylation is 1. The molecule has 1 aromatic carbocycles. The van der Waals surface area contributed by atoms with Gasteiger partial charge in [0.2, 0.25) is 0 Å². The highest BCUT2D eigenvalue weighted by Crippen LogP contribution is 2.28. The van der Waals surface area contributed by atoms with Gasteiger partial charge in [-0.05, 0) is 68.5 Å². The summed E-state index contributed by atoms with van der Waals surface area (Å²) in [6, 6.07) is 10.7. The zero-order valence-electron chi connectivity index (χ0n) is 20.3. The van der Waals surface area contributed by atoms with Crippen LogP contribution >= 0.6 is 0 Å². The van der Waals surface area contributed by atoms with Gasteiger partial charge in [-0.3, -0.25) is 9.78 Å². The van der Waals surface area contributed by atoms with Crippen molar-refractivity contribution in [1.29, 1.82) is 0 Å². The fourth-order valence-corrected chi connectivity index (χ4v) is 4.53. The van der Waals surface area contributed by atoms with Crippen LogP contribution in [0.3, 0.4) is 0 Å². The highest BCUT2D eigenvalue weighted by molar-refractivity contribution is 6.03. The number of nitrogens with two attached hydrogens (primary N) is 1. The molecule has 1 saturated carbocycles. The van der Waals surface area contributed by atoms with E-state index in [2.05, 4.69) is 31.0 Å². The van der Waals surface area contributed by atoms with Crippen molar-refractivity contribution in [2.45, 2.75) is 44.7 Å². The van der Waals surface area contributed by atoms with Crippen LogP contribution in [0, 0.1) is 6.92 Å². The Balaban J connectivity index is 1.50. The Morgan fingerprint density at radius 3 is 2.51 bits per heavy atom. The number of nitrogens with one attached hydrogen (secondary N) is 3. The molecule has 5 rings (SSSR count). The smallest absolute Gasteiger partial charge is 0.335 e. The molecule has 0 atom stereocenters. The fraction of sp³-hybridized carbons (Fsp3) is 0.269. The van der Waals surface area contributed by atoms with Crippen molar-refractivity contribution in [2.75, 3.05) is 16.0 Å². The largest absolute Gasteiger partial charge is 0.478 e. The maximum absolute atomic E-state index is 13.1. The van der Waals surface area contributed by atoms with E-state index in [1.165, 1.54) is 10.7 Å². The number of carbonyl (C=O) groups excluding carboxylic acids is 1. The van der Waals surface area contributed by atoms with Crippen LogP contribution in [0.25, 0.3) is 5.65 Å². The Kier molecular flexibility index (Phi) is 6.69. The number of fused-ring (bicyclic) bond motifs is 1. The summed E-state index contributed by atoms with van der Waals surface area (Å²) >= 11 is 0. The molecule has 1 amide bonds. The van der Waals surface area contributed by atoms with Crippen molar-refractivity contribution >= 4 is 40.4 Å². The average molecular weight is 501 g/mol. The van der Waals surface area contributed by atoms with Crippen LogP contribution in [-0.4, -0.2) is 48.6 Å². The maximum atomic E-state index is 13.1. The molecule has 0 spiro atoms. The predicted molar refractivity (Wildman–Crippen MR) is 140 cm³/mol. The molecule has 3 aromatic heterocycles. The first-order valence-corrected chi connectivity index (χ1v) is 12.1. The standard InChI is InChI=1S/C26H28N8O3/c1-15-12-19(6-7-20(15)26(36)37)30-21-13-23(31-17-4-2-16(27)3-5-17)33-34-22(14-29-24(21)34)25(35)32-18-8-10-28-11-9-18/h6-14,16-17,30H,2-5,27H2,1H3,(H,31,33)(H,36,37)(H,28,32,35). The van der Waals surface area contributed by atoms with Crippen LogP contribution in [0.4, 0.5) is 22.9 Å². The molecule has 11 heteroatoms. The predicted octanol–water partition coefficient (Wildman–Crippen LogP) is 3.81. The molecule has 0 saturated heterocycles. The molecule has 0 unspecified atom stereocenters. The summed E-state index contributed by atoms with van der Waals surface area (Å²) in [6.45, 7) is 1.74. The maximum Gasteiger partial charge on any atom is 0.335 e. The fourth-order valence-electron chi connectivity index (χ4n) is 4.53. The summed E-state index contributed by atoms with van der Waals surface area (Å²) in [5.74, 6) is -0.753. The summed E-state index contributed by atoms with van der Waals surface area (Å²) in [5, 5.41) is 23.7. The third kappa shape index (κ3) is 5.36. The lowest BCUT2D eigenvalue weighted by molar-refractivity contribution is 0.0696. The van der Waals surface area contributed by atoms with Gasteiger partial charge in [0.05, 0.1) is 17.4 Å². The molecular formula is C26H28N8O3. The molecule has 1 aliphatic rings. The van der Waals surface area contributed by atoms with Crippen molar-refractivity contribution in [3.05, 3.63) is 71.8 Å². The molecular weight excluding hydrogens is 472 g/mol. The number of pyridine rings is 1. The average Bonchev–Trinajstić information content (AvgIpc) is 3.30. The van der Waals surface area contributed by atoms with Crippen molar-refractivity contribution in [3.8, 4) is 0 Å². The van der Waals surface area contributed by atoms with Gasteiger partial charge >= 0.3 is 5.97 Å². The minimum Gasteiger partial charge on any atom is -0.478 e. The lowest BCUT2D eigenvalue weighted by Gasteiger charge is -2.27. The van der Waals surface area contributed by atoms with Crippen LogP contribution in [0.15, 0.2) is 55.0 Å². The molecule has 6 N–H and O–H groups in total. The van der Waals surface area contributed by atoms with E-state index in [-0.39, 0.29) is 29.2 Å². The zero-order valence-corrected chi connectivity index (χ0v) is 20.3. The molecule has 11 nitrogen and oxygen atoms in total. The number of hydrogen-bond acceptors (Lipinski definition) is 8. The van der Waals surface area contributed by atoms with Gasteiger partial charge in [0.1, 0.15) is 5.82 Å². The Morgan fingerprint density at radius 2 is 1.81 bits per heavy atom. The molecule has 0 bridgehead atoms. The van der Waals surface area contributed by atoms with Crippen LogP contribution in [-0.2, 0) is 0 Å². The summed E-state index contributed by atoms with van der Waals surface area (Å²) in [5.41, 5.74) is 9.57. The molecule has 190 valence electrons. The Hall–Kier alpha value is -4.51. The minimum absolute atomic E-state index is 0.215. The summed E-state index contributed by atoms with van der Waals surface area (Å²) in [7, 11) is 0. The molecule has 4 aromatic rings. The number of carbonyl (C=O) groups is 2. The first kappa shape index (κ1) is 24.2. The number of aromatic nitrogens is 4. The van der Waals surface area contributed by atoms with E-state index in [1.54, 1.807) is 49.6 Å². The Labute approximate surface area is 213 Å². The molecule has 37 heavy (non-hydrogen) atoms. The van der Waals surface area contributed by atoms with E-state index < -0.39 is 5.97 Å². The van der Waals surface area contributed by atoms with Crippen LogP contribution in [0.5, 0.6) is 0 Å². The normalized spacial score (nSPS) is 17.4. The SMILES string of the molecule is Cc1cc(Nc2cc(NC3CCC(N)CC3)nn3c(C(=O)Nc4ccncc4)cnc23)ccc1C(=O)O. The molecule has 0 radical (unpaired) electrons. The molecule has 0 aliphatic heterocycles. The van der Waals surface area contributed by atoms with E-state index in [0.717, 1.165) is 25.7 Å². The number of nitrogens with zero attached hydrogens (tertiary/aromatic N) is 4. The van der Waals surface area contributed by atoms with Crippen LogP contribution < -0.4 is 21.7 Å². The number of amides is 1. The second kappa shape index (κ2) is 10.2. The number of carboxylic acid groups (broad SMARTS) is 1. The van der Waals surface area contributed by atoms with Crippen molar-refractivity contribution in [3.63, 3.8) is 0 Å². The van der Waals surface area contributed by atoms with Crippen molar-refractivity contribution in [1.82, 2.24) is 19.6 Å². The Bertz CT molecular complexity index is 1450. The van der Waals surface area contributed by atoms with Gasteiger partial charge in [0.25, 0.3) is 5.91 Å². The number of carboxylic acids is 1. The van der Waals surface area contributed by atoms with Gasteiger partial charge in [-0.1, -0.05) is 0 Å². The van der Waals surface area contributed by atoms with Gasteiger partial charge in [-0.2, -0.15) is 0 Å². The number of imidazole rings is 1. The number of benzene rings is 1. The van der Waals surface area contributed by atoms with E-state index in [9.17, 15) is 14.7 Å². The number of anilines is 4. The summed E-state index contributed by atoms with van der Waals surface area (Å²) in [6.07, 6.45) is 8.40. The number of rotatable bonds is 7. The molecule has 1 aliphatic carbocycles. The number of aromatic carboxylic acids is 1. The minimum atomic E-state index is -0.979. The second-order valence-electron chi connectivity index (χ2n) is 9.23. The molecule has 1 fully saturated rings. The summed E-state index contributed by atoms with van der Waals surface area (Å²) in [4.78, 5) is 33.0. The topological polar surface area (TPSA) is 160 Å². The highest BCUT2D eigenvalue weighted by Gasteiger charge is 2.21. The van der Waals surface area contributed by atoms with Crippen molar-refractivity contribution in [2.24, 2.45) is 5.73 Å². The molecule has 3 heterocycles. The van der Waals surface area contributed by atoms with Gasteiger partial charge in [-0.15, -0.1) is 5.10 Å². The van der Waals surface area contributed by atoms with E-state index in [1.807, 2.05) is 6.07 Å². The van der Waals surface area contributed by atoms with E-state index >= 15 is 0 Å². The van der Waals surface area contributed by atoms with Crippen LogP contribution in [0.2, 0.25) is 0 Å².